The Morgan fingerprint density at radius 3 is 2.62 bits per heavy atom. The quantitative estimate of drug-likeness (QED) is 0.476. The largest absolute Gasteiger partial charge is 0.299 e. The van der Waals surface area contributed by atoms with Gasteiger partial charge in [0, 0.05) is 18.2 Å². The molecule has 0 heterocycles. The lowest BCUT2D eigenvalue weighted by Gasteiger charge is -2.06. The lowest BCUT2D eigenvalue weighted by atomic mass is 9.99. The van der Waals surface area contributed by atoms with Crippen LogP contribution in [0.25, 0.3) is 0 Å². The van der Waals surface area contributed by atoms with Gasteiger partial charge in [0.15, 0.2) is 0 Å². The number of hydrogen-bond donors (Lipinski definition) is 0. The summed E-state index contributed by atoms with van der Waals surface area (Å²) < 4.78 is 0. The molecule has 0 spiro atoms. The molecule has 1 saturated carbocycles. The van der Waals surface area contributed by atoms with Crippen molar-refractivity contribution in [1.82, 2.24) is 0 Å². The van der Waals surface area contributed by atoms with Crippen LogP contribution in [0.1, 0.15) is 51.4 Å². The Morgan fingerprint density at radius 1 is 1.23 bits per heavy atom. The topological polar surface area (TPSA) is 17.1 Å². The Balaban J connectivity index is 1.96. The predicted octanol–water partition coefficient (Wildman–Crippen LogP) is 3.54. The van der Waals surface area contributed by atoms with Crippen LogP contribution in [0.15, 0.2) is 0 Å². The number of carbonyl (C=O) groups excluding carboxylic acids is 1. The van der Waals surface area contributed by atoms with E-state index in [9.17, 15) is 4.79 Å². The highest BCUT2D eigenvalue weighted by atomic mass is 35.5. The zero-order valence-electron chi connectivity index (χ0n) is 8.23. The summed E-state index contributed by atoms with van der Waals surface area (Å²) >= 11 is 5.58. The van der Waals surface area contributed by atoms with E-state index in [0.29, 0.717) is 11.7 Å². The van der Waals surface area contributed by atoms with Crippen LogP contribution in [0.4, 0.5) is 0 Å². The van der Waals surface area contributed by atoms with Crippen LogP contribution in [0.2, 0.25) is 0 Å². The van der Waals surface area contributed by atoms with E-state index in [1.165, 1.54) is 19.3 Å². The van der Waals surface area contributed by atoms with Crippen molar-refractivity contribution in [3.05, 3.63) is 0 Å². The maximum atomic E-state index is 11.3. The molecule has 0 aliphatic heterocycles. The second-order valence-corrected chi connectivity index (χ2v) is 4.33. The summed E-state index contributed by atoms with van der Waals surface area (Å²) in [7, 11) is 0. The molecule has 0 aromatic carbocycles. The van der Waals surface area contributed by atoms with Crippen LogP contribution in [0, 0.1) is 5.92 Å². The summed E-state index contributed by atoms with van der Waals surface area (Å²) in [5, 5.41) is 0. The van der Waals surface area contributed by atoms with Gasteiger partial charge in [0.1, 0.15) is 5.78 Å². The zero-order valence-corrected chi connectivity index (χ0v) is 8.98. The Kier molecular flexibility index (Phi) is 5.45. The summed E-state index contributed by atoms with van der Waals surface area (Å²) in [6.07, 6.45) is 9.06. The van der Waals surface area contributed by atoms with Gasteiger partial charge in [-0.05, 0) is 25.7 Å². The van der Waals surface area contributed by atoms with E-state index in [1.807, 2.05) is 0 Å². The highest BCUT2D eigenvalue weighted by Gasteiger charge is 2.23. The normalized spacial score (nSPS) is 22.5. The first-order valence-electron chi connectivity index (χ1n) is 5.43. The lowest BCUT2D eigenvalue weighted by Crippen LogP contribution is -2.05. The Hall–Kier alpha value is -0.0400. The van der Waals surface area contributed by atoms with Crippen LogP contribution in [0.3, 0.4) is 0 Å². The van der Waals surface area contributed by atoms with E-state index in [2.05, 4.69) is 0 Å². The first kappa shape index (κ1) is 11.0. The third-order valence-corrected chi connectivity index (χ3v) is 3.13. The van der Waals surface area contributed by atoms with Crippen LogP contribution >= 0.6 is 11.6 Å². The third kappa shape index (κ3) is 4.12. The van der Waals surface area contributed by atoms with Gasteiger partial charge >= 0.3 is 0 Å². The predicted molar refractivity (Wildman–Crippen MR) is 56.2 cm³/mol. The van der Waals surface area contributed by atoms with Crippen LogP contribution < -0.4 is 0 Å². The molecule has 2 heteroatoms. The van der Waals surface area contributed by atoms with E-state index in [1.54, 1.807) is 0 Å². The van der Waals surface area contributed by atoms with E-state index in [-0.39, 0.29) is 0 Å². The second-order valence-electron chi connectivity index (χ2n) is 3.95. The number of alkyl halides is 1. The number of rotatable bonds is 6. The van der Waals surface area contributed by atoms with Crippen molar-refractivity contribution in [2.24, 2.45) is 5.92 Å². The molecule has 0 bridgehead atoms. The first-order valence-corrected chi connectivity index (χ1v) is 5.96. The number of hydrogen-bond acceptors (Lipinski definition) is 1. The molecule has 1 aliphatic rings. The molecule has 0 amide bonds. The highest BCUT2D eigenvalue weighted by Crippen LogP contribution is 2.26. The number of halogens is 1. The van der Waals surface area contributed by atoms with Crippen molar-refractivity contribution in [1.29, 1.82) is 0 Å². The highest BCUT2D eigenvalue weighted by molar-refractivity contribution is 6.17. The van der Waals surface area contributed by atoms with Gasteiger partial charge in [0.25, 0.3) is 0 Å². The minimum atomic E-state index is 0.413. The number of ketones is 1. The van der Waals surface area contributed by atoms with Gasteiger partial charge in [0.05, 0.1) is 0 Å². The monoisotopic (exact) mass is 202 g/mol. The molecule has 1 unspecified atom stereocenters. The van der Waals surface area contributed by atoms with Crippen molar-refractivity contribution in [2.45, 2.75) is 51.4 Å². The molecule has 1 aliphatic carbocycles. The van der Waals surface area contributed by atoms with Crippen molar-refractivity contribution in [2.75, 3.05) is 5.88 Å². The van der Waals surface area contributed by atoms with E-state index in [4.69, 9.17) is 11.6 Å². The maximum absolute atomic E-state index is 11.3. The van der Waals surface area contributed by atoms with Crippen molar-refractivity contribution in [3.63, 3.8) is 0 Å². The van der Waals surface area contributed by atoms with Gasteiger partial charge in [-0.2, -0.15) is 0 Å². The molecular formula is C11H19ClO. The van der Waals surface area contributed by atoms with Gasteiger partial charge in [-0.3, -0.25) is 4.79 Å². The first-order chi connectivity index (χ1) is 6.34. The maximum Gasteiger partial charge on any atom is 0.135 e. The Labute approximate surface area is 85.8 Å². The van der Waals surface area contributed by atoms with Crippen molar-refractivity contribution in [3.8, 4) is 0 Å². The minimum Gasteiger partial charge on any atom is -0.299 e. The van der Waals surface area contributed by atoms with E-state index < -0.39 is 0 Å². The average Bonchev–Trinajstić information content (AvgIpc) is 2.52. The van der Waals surface area contributed by atoms with E-state index in [0.717, 1.165) is 38.0 Å². The Bertz CT molecular complexity index is 156. The summed E-state index contributed by atoms with van der Waals surface area (Å²) in [5.74, 6) is 1.70. The molecule has 1 atom stereocenters. The van der Waals surface area contributed by atoms with Gasteiger partial charge in [-0.15, -0.1) is 11.6 Å². The molecule has 0 N–H and O–H groups in total. The van der Waals surface area contributed by atoms with Gasteiger partial charge in [-0.25, -0.2) is 0 Å². The number of unbranched alkanes of at least 4 members (excludes halogenated alkanes) is 3. The fourth-order valence-electron chi connectivity index (χ4n) is 2.03. The molecule has 1 fully saturated rings. The molecule has 0 aromatic rings. The fourth-order valence-corrected chi connectivity index (χ4v) is 2.22. The zero-order chi connectivity index (χ0) is 9.52. The summed E-state index contributed by atoms with van der Waals surface area (Å²) in [6.45, 7) is 0. The number of Topliss-reactive ketones (excluding diaryl/α,β-unsaturated/α-hetero) is 1. The summed E-state index contributed by atoms with van der Waals surface area (Å²) in [6, 6.07) is 0. The summed E-state index contributed by atoms with van der Waals surface area (Å²) in [4.78, 5) is 11.3. The van der Waals surface area contributed by atoms with E-state index >= 15 is 0 Å². The fraction of sp³-hybridized carbons (Fsp3) is 0.909. The molecule has 0 aromatic heterocycles. The molecule has 1 nitrogen and oxygen atoms in total. The van der Waals surface area contributed by atoms with Gasteiger partial charge in [-0.1, -0.05) is 19.3 Å². The van der Waals surface area contributed by atoms with Crippen LogP contribution in [0.5, 0.6) is 0 Å². The van der Waals surface area contributed by atoms with Crippen molar-refractivity contribution >= 4 is 17.4 Å². The second kappa shape index (κ2) is 6.42. The van der Waals surface area contributed by atoms with Crippen LogP contribution in [-0.2, 0) is 4.79 Å². The lowest BCUT2D eigenvalue weighted by molar-refractivity contribution is -0.120. The number of carbonyl (C=O) groups is 1. The van der Waals surface area contributed by atoms with Crippen molar-refractivity contribution < 1.29 is 4.79 Å². The van der Waals surface area contributed by atoms with Gasteiger partial charge < -0.3 is 0 Å². The van der Waals surface area contributed by atoms with Gasteiger partial charge in [0.2, 0.25) is 0 Å². The molecular weight excluding hydrogens is 184 g/mol. The molecule has 76 valence electrons. The minimum absolute atomic E-state index is 0.413. The van der Waals surface area contributed by atoms with Crippen LogP contribution in [-0.4, -0.2) is 11.7 Å². The smallest absolute Gasteiger partial charge is 0.135 e. The molecule has 0 radical (unpaired) electrons. The molecule has 0 saturated heterocycles. The SMILES string of the molecule is O=C1CCCC1CCCCCCCl. The summed E-state index contributed by atoms with van der Waals surface area (Å²) in [5.41, 5.74) is 0. The third-order valence-electron chi connectivity index (χ3n) is 2.87. The standard InChI is InChI=1S/C11H19ClO/c12-9-4-2-1-3-6-10-7-5-8-11(10)13/h10H,1-9H2. The average molecular weight is 203 g/mol. The molecule has 13 heavy (non-hydrogen) atoms. The molecule has 1 rings (SSSR count). The Morgan fingerprint density at radius 2 is 2.00 bits per heavy atom.